The van der Waals surface area contributed by atoms with E-state index < -0.39 is 0 Å². The van der Waals surface area contributed by atoms with Gasteiger partial charge in [-0.1, -0.05) is 19.1 Å². The van der Waals surface area contributed by atoms with Gasteiger partial charge in [-0.25, -0.2) is 0 Å². The number of hydrogen-bond acceptors (Lipinski definition) is 3. The molecule has 1 rings (SSSR count). The molecule has 3 heteroatoms. The Hall–Kier alpha value is -1.51. The zero-order chi connectivity index (χ0) is 12.0. The van der Waals surface area contributed by atoms with E-state index in [0.717, 1.165) is 23.3 Å². The Balaban J connectivity index is 2.78. The average molecular weight is 222 g/mol. The third-order valence-corrected chi connectivity index (χ3v) is 2.38. The molecule has 0 aliphatic heterocycles. The van der Waals surface area contributed by atoms with E-state index in [1.54, 1.807) is 7.11 Å². The predicted molar refractivity (Wildman–Crippen MR) is 62.7 cm³/mol. The summed E-state index contributed by atoms with van der Waals surface area (Å²) in [5.41, 5.74) is 2.08. The molecule has 0 bridgehead atoms. The zero-order valence-electron chi connectivity index (χ0n) is 10.1. The Kier molecular flexibility index (Phi) is 4.83. The molecule has 0 saturated carbocycles. The Morgan fingerprint density at radius 3 is 2.62 bits per heavy atom. The highest BCUT2D eigenvalue weighted by Crippen LogP contribution is 2.20. The van der Waals surface area contributed by atoms with Crippen LogP contribution in [-0.2, 0) is 22.4 Å². The normalized spacial score (nSPS) is 9.94. The van der Waals surface area contributed by atoms with Gasteiger partial charge >= 0.3 is 5.97 Å². The minimum atomic E-state index is -0.185. The van der Waals surface area contributed by atoms with Crippen molar-refractivity contribution in [1.29, 1.82) is 0 Å². The van der Waals surface area contributed by atoms with Crippen molar-refractivity contribution in [1.82, 2.24) is 0 Å². The quantitative estimate of drug-likeness (QED) is 0.717. The highest BCUT2D eigenvalue weighted by molar-refractivity contribution is 5.72. The van der Waals surface area contributed by atoms with Crippen LogP contribution in [0.3, 0.4) is 0 Å². The first-order valence-electron chi connectivity index (χ1n) is 5.52. The highest BCUT2D eigenvalue weighted by Gasteiger charge is 2.07. The minimum absolute atomic E-state index is 0.185. The molecule has 1 aromatic rings. The summed E-state index contributed by atoms with van der Waals surface area (Å²) in [6, 6.07) is 5.79. The lowest BCUT2D eigenvalue weighted by Gasteiger charge is -2.08. The third-order valence-electron chi connectivity index (χ3n) is 2.38. The van der Waals surface area contributed by atoms with Crippen molar-refractivity contribution in [2.24, 2.45) is 0 Å². The molecule has 3 nitrogen and oxygen atoms in total. The number of benzene rings is 1. The zero-order valence-corrected chi connectivity index (χ0v) is 10.1. The molecule has 0 unspecified atom stereocenters. The largest absolute Gasteiger partial charge is 0.496 e. The van der Waals surface area contributed by atoms with Crippen LogP contribution >= 0.6 is 0 Å². The van der Waals surface area contributed by atoms with Gasteiger partial charge in [0.15, 0.2) is 0 Å². The predicted octanol–water partition coefficient (Wildman–Crippen LogP) is 2.36. The summed E-state index contributed by atoms with van der Waals surface area (Å²) in [6.07, 6.45) is 1.21. The van der Waals surface area contributed by atoms with Crippen molar-refractivity contribution in [3.8, 4) is 5.75 Å². The molecule has 0 aromatic heterocycles. The van der Waals surface area contributed by atoms with Crippen molar-refractivity contribution in [2.45, 2.75) is 26.7 Å². The number of methoxy groups -OCH3 is 1. The van der Waals surface area contributed by atoms with E-state index in [1.165, 1.54) is 0 Å². The smallest absolute Gasteiger partial charge is 0.310 e. The lowest BCUT2D eigenvalue weighted by atomic mass is 10.1. The molecule has 0 aliphatic carbocycles. The SMILES string of the molecule is CCOC(=O)Cc1ccc(OC)c(CC)c1. The molecule has 0 spiro atoms. The second-order valence-corrected chi connectivity index (χ2v) is 3.48. The van der Waals surface area contributed by atoms with Crippen LogP contribution < -0.4 is 4.74 Å². The molecular formula is C13H18O3. The summed E-state index contributed by atoms with van der Waals surface area (Å²) < 4.78 is 10.1. The molecule has 0 aliphatic rings. The molecule has 0 N–H and O–H groups in total. The van der Waals surface area contributed by atoms with Crippen molar-refractivity contribution in [3.05, 3.63) is 29.3 Å². The summed E-state index contributed by atoms with van der Waals surface area (Å²) in [7, 11) is 1.65. The van der Waals surface area contributed by atoms with Crippen LogP contribution in [0.2, 0.25) is 0 Å². The summed E-state index contributed by atoms with van der Waals surface area (Å²) in [5, 5.41) is 0. The average Bonchev–Trinajstić information content (AvgIpc) is 2.29. The van der Waals surface area contributed by atoms with E-state index in [1.807, 2.05) is 25.1 Å². The van der Waals surface area contributed by atoms with E-state index in [9.17, 15) is 4.79 Å². The first-order valence-corrected chi connectivity index (χ1v) is 5.52. The van der Waals surface area contributed by atoms with Gasteiger partial charge in [0.25, 0.3) is 0 Å². The number of carbonyl (C=O) groups is 1. The van der Waals surface area contributed by atoms with Crippen LogP contribution in [-0.4, -0.2) is 19.7 Å². The molecule has 0 fully saturated rings. The molecule has 0 heterocycles. The summed E-state index contributed by atoms with van der Waals surface area (Å²) in [6.45, 7) is 4.30. The number of esters is 1. The lowest BCUT2D eigenvalue weighted by molar-refractivity contribution is -0.142. The van der Waals surface area contributed by atoms with Gasteiger partial charge < -0.3 is 9.47 Å². The van der Waals surface area contributed by atoms with Gasteiger partial charge in [0.05, 0.1) is 20.1 Å². The maximum absolute atomic E-state index is 11.3. The molecular weight excluding hydrogens is 204 g/mol. The summed E-state index contributed by atoms with van der Waals surface area (Å²) in [5.74, 6) is 0.685. The van der Waals surface area contributed by atoms with Crippen molar-refractivity contribution in [2.75, 3.05) is 13.7 Å². The maximum atomic E-state index is 11.3. The summed E-state index contributed by atoms with van der Waals surface area (Å²) >= 11 is 0. The van der Waals surface area contributed by atoms with Crippen LogP contribution in [0.25, 0.3) is 0 Å². The fourth-order valence-corrected chi connectivity index (χ4v) is 1.60. The monoisotopic (exact) mass is 222 g/mol. The van der Waals surface area contributed by atoms with Crippen molar-refractivity contribution >= 4 is 5.97 Å². The van der Waals surface area contributed by atoms with Crippen LogP contribution in [0.1, 0.15) is 25.0 Å². The van der Waals surface area contributed by atoms with Gasteiger partial charge in [-0.3, -0.25) is 4.79 Å². The highest BCUT2D eigenvalue weighted by atomic mass is 16.5. The molecule has 16 heavy (non-hydrogen) atoms. The maximum Gasteiger partial charge on any atom is 0.310 e. The lowest BCUT2D eigenvalue weighted by Crippen LogP contribution is -2.07. The Morgan fingerprint density at radius 2 is 2.06 bits per heavy atom. The molecule has 0 radical (unpaired) electrons. The van der Waals surface area contributed by atoms with E-state index in [4.69, 9.17) is 9.47 Å². The van der Waals surface area contributed by atoms with Crippen molar-refractivity contribution in [3.63, 3.8) is 0 Å². The van der Waals surface area contributed by atoms with Gasteiger partial charge in [-0.15, -0.1) is 0 Å². The first kappa shape index (κ1) is 12.6. The molecule has 0 amide bonds. The molecule has 1 aromatic carbocycles. The van der Waals surface area contributed by atoms with Crippen molar-refractivity contribution < 1.29 is 14.3 Å². The van der Waals surface area contributed by atoms with Crippen LogP contribution in [0.4, 0.5) is 0 Å². The summed E-state index contributed by atoms with van der Waals surface area (Å²) in [4.78, 5) is 11.3. The van der Waals surface area contributed by atoms with E-state index in [0.29, 0.717) is 13.0 Å². The topological polar surface area (TPSA) is 35.5 Å². The van der Waals surface area contributed by atoms with E-state index in [-0.39, 0.29) is 5.97 Å². The Bertz CT molecular complexity index is 358. The number of hydrogen-bond donors (Lipinski definition) is 0. The van der Waals surface area contributed by atoms with Gasteiger partial charge in [0, 0.05) is 0 Å². The minimum Gasteiger partial charge on any atom is -0.496 e. The fourth-order valence-electron chi connectivity index (χ4n) is 1.60. The van der Waals surface area contributed by atoms with Gasteiger partial charge in [0.2, 0.25) is 0 Å². The van der Waals surface area contributed by atoms with Gasteiger partial charge in [-0.2, -0.15) is 0 Å². The molecule has 0 atom stereocenters. The fraction of sp³-hybridized carbons (Fsp3) is 0.462. The number of carbonyl (C=O) groups excluding carboxylic acids is 1. The first-order chi connectivity index (χ1) is 7.71. The van der Waals surface area contributed by atoms with Crippen LogP contribution in [0, 0.1) is 0 Å². The second kappa shape index (κ2) is 6.16. The van der Waals surface area contributed by atoms with E-state index >= 15 is 0 Å². The Labute approximate surface area is 96.4 Å². The third kappa shape index (κ3) is 3.26. The van der Waals surface area contributed by atoms with Gasteiger partial charge in [-0.05, 0) is 30.5 Å². The van der Waals surface area contributed by atoms with Crippen LogP contribution in [0.5, 0.6) is 5.75 Å². The van der Waals surface area contributed by atoms with Crippen LogP contribution in [0.15, 0.2) is 18.2 Å². The number of rotatable bonds is 5. The van der Waals surface area contributed by atoms with E-state index in [2.05, 4.69) is 6.92 Å². The number of aryl methyl sites for hydroxylation is 1. The Morgan fingerprint density at radius 1 is 1.31 bits per heavy atom. The second-order valence-electron chi connectivity index (χ2n) is 3.48. The molecule has 88 valence electrons. The number of ether oxygens (including phenoxy) is 2. The standard InChI is InChI=1S/C13H18O3/c1-4-11-8-10(6-7-12(11)15-3)9-13(14)16-5-2/h6-8H,4-5,9H2,1-3H3. The van der Waals surface area contributed by atoms with Gasteiger partial charge in [0.1, 0.15) is 5.75 Å². The molecule has 0 saturated heterocycles.